The third-order valence-corrected chi connectivity index (χ3v) is 4.70. The third kappa shape index (κ3) is 5.70. The van der Waals surface area contributed by atoms with Gasteiger partial charge in [-0.15, -0.1) is 0 Å². The van der Waals surface area contributed by atoms with Crippen LogP contribution in [0.1, 0.15) is 53.7 Å². The fourth-order valence-electron chi connectivity index (χ4n) is 3.07. The Morgan fingerprint density at radius 3 is 1.56 bits per heavy atom. The molecule has 164 valence electrons. The summed E-state index contributed by atoms with van der Waals surface area (Å²) in [5, 5.41) is 27.3. The van der Waals surface area contributed by atoms with Crippen LogP contribution < -0.4 is 0 Å². The van der Waals surface area contributed by atoms with Gasteiger partial charge >= 0.3 is 17.9 Å². The van der Waals surface area contributed by atoms with Crippen molar-refractivity contribution < 1.29 is 29.7 Å². The van der Waals surface area contributed by atoms with Crippen molar-refractivity contribution in [2.75, 3.05) is 0 Å². The van der Waals surface area contributed by atoms with Gasteiger partial charge in [0.15, 0.2) is 0 Å². The summed E-state index contributed by atoms with van der Waals surface area (Å²) in [4.78, 5) is 47.9. The highest BCUT2D eigenvalue weighted by Gasteiger charge is 2.15. The quantitative estimate of drug-likeness (QED) is 0.456. The normalized spacial score (nSPS) is 10.8. The first-order chi connectivity index (χ1) is 15.2. The minimum absolute atomic E-state index is 0.0766. The van der Waals surface area contributed by atoms with E-state index >= 15 is 0 Å². The Labute approximate surface area is 182 Å². The molecule has 0 spiro atoms. The zero-order valence-corrected chi connectivity index (χ0v) is 17.1. The lowest BCUT2D eigenvalue weighted by Crippen LogP contribution is -2.24. The Balaban J connectivity index is 1.84. The van der Waals surface area contributed by atoms with Crippen molar-refractivity contribution in [1.29, 1.82) is 0 Å². The van der Waals surface area contributed by atoms with Gasteiger partial charge in [0.2, 0.25) is 0 Å². The van der Waals surface area contributed by atoms with E-state index in [9.17, 15) is 19.5 Å². The van der Waals surface area contributed by atoms with Gasteiger partial charge in [0.05, 0.1) is 33.8 Å². The summed E-state index contributed by atoms with van der Waals surface area (Å²) in [7, 11) is 0. The van der Waals surface area contributed by atoms with Crippen molar-refractivity contribution in [2.45, 2.75) is 26.6 Å². The summed E-state index contributed by atoms with van der Waals surface area (Å²) in [5.41, 5.74) is 2.73. The number of pyridine rings is 3. The van der Waals surface area contributed by atoms with Crippen LogP contribution in [-0.4, -0.2) is 53.1 Å². The topological polar surface area (TPSA) is 154 Å². The molecule has 10 heteroatoms. The lowest BCUT2D eigenvalue weighted by molar-refractivity contribution is 0.0685. The average molecular weight is 436 g/mol. The van der Waals surface area contributed by atoms with E-state index in [2.05, 4.69) is 15.0 Å². The first kappa shape index (κ1) is 22.5. The van der Waals surface area contributed by atoms with Crippen molar-refractivity contribution in [3.63, 3.8) is 0 Å². The number of aryl methyl sites for hydroxylation is 1. The van der Waals surface area contributed by atoms with Gasteiger partial charge in [-0.05, 0) is 42.8 Å². The largest absolute Gasteiger partial charge is 0.478 e. The maximum atomic E-state index is 11.2. The molecule has 0 aromatic carbocycles. The molecular formula is C22H20N4O6. The maximum absolute atomic E-state index is 11.2. The highest BCUT2D eigenvalue weighted by atomic mass is 16.4. The van der Waals surface area contributed by atoms with Crippen LogP contribution in [0.3, 0.4) is 0 Å². The van der Waals surface area contributed by atoms with Crippen LogP contribution in [0.5, 0.6) is 0 Å². The Morgan fingerprint density at radius 1 is 0.719 bits per heavy atom. The molecule has 0 amide bonds. The number of aromatic carboxylic acids is 3. The number of carboxylic acid groups (broad SMARTS) is 3. The molecule has 0 aliphatic heterocycles. The average Bonchev–Trinajstić information content (AvgIpc) is 2.74. The van der Waals surface area contributed by atoms with Crippen LogP contribution in [0.4, 0.5) is 0 Å². The van der Waals surface area contributed by atoms with E-state index in [1.54, 1.807) is 25.1 Å². The van der Waals surface area contributed by atoms with Gasteiger partial charge in [0, 0.05) is 38.2 Å². The van der Waals surface area contributed by atoms with Crippen molar-refractivity contribution in [1.82, 2.24) is 19.9 Å². The van der Waals surface area contributed by atoms with E-state index in [-0.39, 0.29) is 16.7 Å². The van der Waals surface area contributed by atoms with Gasteiger partial charge in [0.1, 0.15) is 0 Å². The molecule has 3 heterocycles. The second-order valence-corrected chi connectivity index (χ2v) is 7.13. The molecule has 0 saturated carbocycles. The van der Waals surface area contributed by atoms with Gasteiger partial charge in [-0.2, -0.15) is 0 Å². The van der Waals surface area contributed by atoms with E-state index in [0.29, 0.717) is 42.3 Å². The predicted molar refractivity (Wildman–Crippen MR) is 111 cm³/mol. The Kier molecular flexibility index (Phi) is 6.86. The summed E-state index contributed by atoms with van der Waals surface area (Å²) in [6, 6.07) is 7.85. The van der Waals surface area contributed by atoms with Gasteiger partial charge in [0.25, 0.3) is 0 Å². The molecule has 10 nitrogen and oxygen atoms in total. The monoisotopic (exact) mass is 436 g/mol. The zero-order chi connectivity index (χ0) is 23.3. The lowest BCUT2D eigenvalue weighted by Gasteiger charge is -2.22. The van der Waals surface area contributed by atoms with Gasteiger partial charge in [-0.25, -0.2) is 14.4 Å². The molecule has 3 aromatic rings. The number of aromatic nitrogens is 3. The van der Waals surface area contributed by atoms with Crippen LogP contribution in [0.2, 0.25) is 0 Å². The van der Waals surface area contributed by atoms with Crippen LogP contribution in [0.25, 0.3) is 0 Å². The van der Waals surface area contributed by atoms with E-state index in [4.69, 9.17) is 10.2 Å². The van der Waals surface area contributed by atoms with Gasteiger partial charge in [-0.3, -0.25) is 19.9 Å². The summed E-state index contributed by atoms with van der Waals surface area (Å²) in [6.07, 6.45) is 3.87. The minimum Gasteiger partial charge on any atom is -0.478 e. The molecule has 3 aromatic heterocycles. The summed E-state index contributed by atoms with van der Waals surface area (Å²) in [5.74, 6) is -3.19. The van der Waals surface area contributed by atoms with Gasteiger partial charge in [-0.1, -0.05) is 0 Å². The first-order valence-electron chi connectivity index (χ1n) is 9.50. The molecule has 3 N–H and O–H groups in total. The second kappa shape index (κ2) is 9.75. The fraction of sp³-hybridized carbons (Fsp3) is 0.182. The molecule has 0 bridgehead atoms. The summed E-state index contributed by atoms with van der Waals surface area (Å²) in [6.45, 7) is 2.70. The molecular weight excluding hydrogens is 416 g/mol. The van der Waals surface area contributed by atoms with Crippen molar-refractivity contribution >= 4 is 17.9 Å². The Hall–Kier alpha value is -4.18. The second-order valence-electron chi connectivity index (χ2n) is 7.13. The number of hydrogen-bond acceptors (Lipinski definition) is 7. The van der Waals surface area contributed by atoms with Crippen LogP contribution in [0.15, 0.2) is 48.9 Å². The van der Waals surface area contributed by atoms with Crippen LogP contribution >= 0.6 is 0 Å². The van der Waals surface area contributed by atoms with E-state index in [1.165, 1.54) is 30.7 Å². The Morgan fingerprint density at radius 2 is 1.19 bits per heavy atom. The lowest BCUT2D eigenvalue weighted by atomic mass is 10.1. The highest BCUT2D eigenvalue weighted by Crippen LogP contribution is 2.15. The molecule has 0 aliphatic carbocycles. The number of hydrogen-bond donors (Lipinski definition) is 3. The van der Waals surface area contributed by atoms with E-state index in [0.717, 1.165) is 0 Å². The number of carbonyl (C=O) groups is 3. The third-order valence-electron chi connectivity index (χ3n) is 4.70. The number of rotatable bonds is 9. The zero-order valence-electron chi connectivity index (χ0n) is 17.1. The SMILES string of the molecule is Cc1cc(CN(Cc2ccc(C(=O)O)cn2)Cc2ccc(C(=O)O)cn2)ncc1C(=O)O. The molecule has 0 atom stereocenters. The van der Waals surface area contributed by atoms with Gasteiger partial charge < -0.3 is 15.3 Å². The maximum Gasteiger partial charge on any atom is 0.337 e. The van der Waals surface area contributed by atoms with Crippen molar-refractivity contribution in [2.24, 2.45) is 0 Å². The molecule has 32 heavy (non-hydrogen) atoms. The smallest absolute Gasteiger partial charge is 0.337 e. The highest BCUT2D eigenvalue weighted by molar-refractivity contribution is 5.89. The molecule has 0 unspecified atom stereocenters. The molecule has 3 rings (SSSR count). The first-order valence-corrected chi connectivity index (χ1v) is 9.50. The summed E-state index contributed by atoms with van der Waals surface area (Å²) >= 11 is 0. The molecule has 0 aliphatic rings. The fourth-order valence-corrected chi connectivity index (χ4v) is 3.07. The van der Waals surface area contributed by atoms with E-state index < -0.39 is 17.9 Å². The number of carboxylic acids is 3. The number of nitrogens with zero attached hydrogens (tertiary/aromatic N) is 4. The van der Waals surface area contributed by atoms with Crippen molar-refractivity contribution in [3.8, 4) is 0 Å². The standard InChI is InChI=1S/C22H20N4O6/c1-13-6-18(25-9-19(13)22(31)32)12-26(10-16-4-2-14(7-23-16)20(27)28)11-17-5-3-15(8-24-17)21(29)30/h2-9H,10-12H2,1H3,(H,27,28)(H,29,30)(H,31,32). The summed E-state index contributed by atoms with van der Waals surface area (Å²) < 4.78 is 0. The van der Waals surface area contributed by atoms with Crippen LogP contribution in [0, 0.1) is 6.92 Å². The predicted octanol–water partition coefficient (Wildman–Crippen LogP) is 2.48. The molecule has 0 fully saturated rings. The Bertz CT molecular complexity index is 1090. The molecule has 0 radical (unpaired) electrons. The molecule has 0 saturated heterocycles. The van der Waals surface area contributed by atoms with Crippen molar-refractivity contribution in [3.05, 3.63) is 88.3 Å². The van der Waals surface area contributed by atoms with E-state index in [1.807, 2.05) is 4.90 Å². The minimum atomic E-state index is -1.07. The van der Waals surface area contributed by atoms with Crippen LogP contribution in [-0.2, 0) is 19.6 Å².